The molecular weight excluding hydrogens is 374 g/mol. The number of nitrogens with one attached hydrogen (secondary N) is 1. The van der Waals surface area contributed by atoms with Gasteiger partial charge in [0, 0.05) is 36.9 Å². The third-order valence-corrected chi connectivity index (χ3v) is 6.45. The summed E-state index contributed by atoms with van der Waals surface area (Å²) in [6, 6.07) is 10.1. The van der Waals surface area contributed by atoms with Gasteiger partial charge >= 0.3 is 0 Å². The fraction of sp³-hybridized carbons (Fsp3) is 0.571. The van der Waals surface area contributed by atoms with E-state index < -0.39 is 11.5 Å². The molecule has 7 heteroatoms. The van der Waals surface area contributed by atoms with Crippen molar-refractivity contribution in [2.75, 3.05) is 31.1 Å². The summed E-state index contributed by atoms with van der Waals surface area (Å²) in [7, 11) is 0. The lowest BCUT2D eigenvalue weighted by Gasteiger charge is -2.42. The Kier molecular flexibility index (Phi) is 5.45. The Morgan fingerprint density at radius 1 is 1.11 bits per heavy atom. The lowest BCUT2D eigenvalue weighted by Crippen LogP contribution is -2.60. The molecule has 0 radical (unpaired) electrons. The first-order valence-corrected chi connectivity index (χ1v) is 10.5. The van der Waals surface area contributed by atoms with Crippen LogP contribution in [0.25, 0.3) is 0 Å². The number of nitrogens with zero attached hydrogens (tertiary/aromatic N) is 4. The van der Waals surface area contributed by atoms with Crippen molar-refractivity contribution in [3.63, 3.8) is 0 Å². The Labute approximate surface area is 171 Å². The summed E-state index contributed by atoms with van der Waals surface area (Å²) in [5, 5.41) is 13.3. The molecule has 1 atom stereocenters. The second-order valence-corrected chi connectivity index (χ2v) is 8.39. The molecule has 4 rings (SSSR count). The van der Waals surface area contributed by atoms with Crippen molar-refractivity contribution in [1.82, 2.24) is 10.2 Å². The van der Waals surface area contributed by atoms with E-state index in [4.69, 9.17) is 16.6 Å². The van der Waals surface area contributed by atoms with E-state index in [0.29, 0.717) is 5.96 Å². The van der Waals surface area contributed by atoms with Crippen molar-refractivity contribution >= 4 is 29.2 Å². The van der Waals surface area contributed by atoms with Crippen LogP contribution in [0.2, 0.25) is 5.02 Å². The summed E-state index contributed by atoms with van der Waals surface area (Å²) in [5.41, 5.74) is 0.569. The van der Waals surface area contributed by atoms with Crippen LogP contribution < -0.4 is 10.2 Å². The van der Waals surface area contributed by atoms with Gasteiger partial charge in [0.05, 0.1) is 11.6 Å². The monoisotopic (exact) mass is 399 g/mol. The van der Waals surface area contributed by atoms with Crippen LogP contribution in [0.5, 0.6) is 0 Å². The van der Waals surface area contributed by atoms with Crippen LogP contribution in [0.3, 0.4) is 0 Å². The van der Waals surface area contributed by atoms with E-state index in [1.54, 1.807) is 0 Å². The summed E-state index contributed by atoms with van der Waals surface area (Å²) < 4.78 is 0. The standard InChI is InChI=1S/C21H26ClN5O/c22-16-6-5-7-17(14-16)26-10-12-27(13-11-26)20-24-19(28)18(15-23)21(25-20)8-3-1-2-4-9-21/h5-7,14,18H,1-4,8-13H2,(H,24,25,28). The van der Waals surface area contributed by atoms with Crippen LogP contribution >= 0.6 is 11.6 Å². The lowest BCUT2D eigenvalue weighted by molar-refractivity contribution is -0.124. The molecule has 1 amide bonds. The first-order valence-electron chi connectivity index (χ1n) is 10.2. The van der Waals surface area contributed by atoms with E-state index in [2.05, 4.69) is 27.3 Å². The average Bonchev–Trinajstić information content (AvgIpc) is 2.94. The van der Waals surface area contributed by atoms with E-state index in [1.807, 2.05) is 18.2 Å². The van der Waals surface area contributed by atoms with E-state index in [9.17, 15) is 10.1 Å². The highest BCUT2D eigenvalue weighted by molar-refractivity contribution is 6.30. The average molecular weight is 400 g/mol. The second-order valence-electron chi connectivity index (χ2n) is 7.96. The zero-order chi connectivity index (χ0) is 19.6. The van der Waals surface area contributed by atoms with Crippen LogP contribution in [0, 0.1) is 17.2 Å². The van der Waals surface area contributed by atoms with Gasteiger partial charge in [-0.2, -0.15) is 5.26 Å². The predicted molar refractivity (Wildman–Crippen MR) is 110 cm³/mol. The van der Waals surface area contributed by atoms with Crippen molar-refractivity contribution < 1.29 is 4.79 Å². The van der Waals surface area contributed by atoms with Crippen molar-refractivity contribution in [3.8, 4) is 6.07 Å². The number of carbonyl (C=O) groups excluding carboxylic acids is 1. The third-order valence-electron chi connectivity index (χ3n) is 6.21. The predicted octanol–water partition coefficient (Wildman–Crippen LogP) is 3.18. The van der Waals surface area contributed by atoms with Gasteiger partial charge in [-0.15, -0.1) is 0 Å². The van der Waals surface area contributed by atoms with Gasteiger partial charge in [0.2, 0.25) is 11.9 Å². The molecule has 2 fully saturated rings. The van der Waals surface area contributed by atoms with E-state index in [0.717, 1.165) is 75.4 Å². The van der Waals surface area contributed by atoms with Crippen molar-refractivity contribution in [2.24, 2.45) is 10.9 Å². The Morgan fingerprint density at radius 3 is 2.43 bits per heavy atom. The van der Waals surface area contributed by atoms with Gasteiger partial charge in [0.25, 0.3) is 0 Å². The van der Waals surface area contributed by atoms with Crippen LogP contribution in [0.1, 0.15) is 38.5 Å². The van der Waals surface area contributed by atoms with Crippen molar-refractivity contribution in [2.45, 2.75) is 44.1 Å². The van der Waals surface area contributed by atoms with Gasteiger partial charge in [-0.25, -0.2) is 4.99 Å². The smallest absolute Gasteiger partial charge is 0.246 e. The molecule has 1 N–H and O–H groups in total. The molecule has 3 aliphatic rings. The topological polar surface area (TPSA) is 71.7 Å². The zero-order valence-corrected chi connectivity index (χ0v) is 16.8. The van der Waals surface area contributed by atoms with Crippen molar-refractivity contribution in [1.29, 1.82) is 5.26 Å². The van der Waals surface area contributed by atoms with Gasteiger partial charge in [-0.3, -0.25) is 10.1 Å². The summed E-state index contributed by atoms with van der Waals surface area (Å²) in [5.74, 6) is -0.210. The zero-order valence-electron chi connectivity index (χ0n) is 16.0. The van der Waals surface area contributed by atoms with Gasteiger partial charge < -0.3 is 9.80 Å². The maximum atomic E-state index is 12.7. The number of carbonyl (C=O) groups is 1. The maximum Gasteiger partial charge on any atom is 0.246 e. The maximum absolute atomic E-state index is 12.7. The molecule has 1 unspecified atom stereocenters. The van der Waals surface area contributed by atoms with Crippen molar-refractivity contribution in [3.05, 3.63) is 29.3 Å². The molecule has 1 spiro atoms. The third kappa shape index (κ3) is 3.68. The Hall–Kier alpha value is -2.26. The first kappa shape index (κ1) is 19.1. The van der Waals surface area contributed by atoms with Crippen LogP contribution in [0.4, 0.5) is 5.69 Å². The van der Waals surface area contributed by atoms with Crippen LogP contribution in [0.15, 0.2) is 29.3 Å². The number of aliphatic imine (C=N–C) groups is 1. The number of rotatable bonds is 1. The van der Waals surface area contributed by atoms with E-state index >= 15 is 0 Å². The molecule has 28 heavy (non-hydrogen) atoms. The summed E-state index contributed by atoms with van der Waals surface area (Å²) in [4.78, 5) is 22.2. The molecule has 2 heterocycles. The van der Waals surface area contributed by atoms with Gasteiger partial charge in [-0.1, -0.05) is 43.4 Å². The van der Waals surface area contributed by atoms with Crippen LogP contribution in [-0.2, 0) is 4.79 Å². The normalized spacial score (nSPS) is 24.9. The first-order chi connectivity index (χ1) is 13.6. The Bertz CT molecular complexity index is 801. The number of halogens is 1. The molecule has 1 aliphatic carbocycles. The van der Waals surface area contributed by atoms with E-state index in [-0.39, 0.29) is 5.91 Å². The SMILES string of the molecule is N#CC1C(=O)NC(N2CCN(c3cccc(Cl)c3)CC2)=NC12CCCCCC2. The molecular formula is C21H26ClN5O. The fourth-order valence-corrected chi connectivity index (χ4v) is 4.83. The number of benzene rings is 1. The number of hydrogen-bond donors (Lipinski definition) is 1. The summed E-state index contributed by atoms with van der Waals surface area (Å²) in [6.45, 7) is 3.23. The Morgan fingerprint density at radius 2 is 1.79 bits per heavy atom. The molecule has 6 nitrogen and oxygen atoms in total. The number of nitriles is 1. The lowest BCUT2D eigenvalue weighted by atomic mass is 9.77. The number of hydrogen-bond acceptors (Lipinski definition) is 5. The highest BCUT2D eigenvalue weighted by Gasteiger charge is 2.47. The minimum Gasteiger partial charge on any atom is -0.368 e. The van der Waals surface area contributed by atoms with Gasteiger partial charge in [-0.05, 0) is 31.0 Å². The molecule has 1 saturated heterocycles. The van der Waals surface area contributed by atoms with Gasteiger partial charge in [0.15, 0.2) is 5.92 Å². The second kappa shape index (κ2) is 8.00. The Balaban J connectivity index is 1.52. The van der Waals surface area contributed by atoms with Crippen LogP contribution in [-0.4, -0.2) is 48.5 Å². The quantitative estimate of drug-likeness (QED) is 0.787. The largest absolute Gasteiger partial charge is 0.368 e. The minimum absolute atomic E-state index is 0.188. The molecule has 2 aliphatic heterocycles. The summed E-state index contributed by atoms with van der Waals surface area (Å²) >= 11 is 6.12. The molecule has 1 aromatic carbocycles. The molecule has 1 aromatic rings. The number of amides is 1. The molecule has 148 valence electrons. The molecule has 1 saturated carbocycles. The molecule has 0 bridgehead atoms. The van der Waals surface area contributed by atoms with Gasteiger partial charge in [0.1, 0.15) is 0 Å². The number of guanidine groups is 1. The molecule has 0 aromatic heterocycles. The summed E-state index contributed by atoms with van der Waals surface area (Å²) in [6.07, 6.45) is 6.03. The highest BCUT2D eigenvalue weighted by Crippen LogP contribution is 2.39. The fourth-order valence-electron chi connectivity index (χ4n) is 4.65. The van der Waals surface area contributed by atoms with E-state index in [1.165, 1.54) is 0 Å². The number of piperazine rings is 1. The minimum atomic E-state index is -0.679. The number of anilines is 1. The highest BCUT2D eigenvalue weighted by atomic mass is 35.5.